The predicted octanol–water partition coefficient (Wildman–Crippen LogP) is 3.03. The van der Waals surface area contributed by atoms with Gasteiger partial charge in [0.25, 0.3) is 0 Å². The van der Waals surface area contributed by atoms with Crippen LogP contribution in [0.3, 0.4) is 0 Å². The van der Waals surface area contributed by atoms with Crippen LogP contribution in [0.2, 0.25) is 0 Å². The molecule has 0 unspecified atom stereocenters. The number of hydrogen-bond donors (Lipinski definition) is 0. The van der Waals surface area contributed by atoms with E-state index in [-0.39, 0.29) is 11.2 Å². The maximum absolute atomic E-state index is 5.73. The summed E-state index contributed by atoms with van der Waals surface area (Å²) in [5.41, 5.74) is -0.0776. The molecule has 3 heteroatoms. The van der Waals surface area contributed by atoms with Crippen molar-refractivity contribution < 1.29 is 9.47 Å². The van der Waals surface area contributed by atoms with Gasteiger partial charge >= 0.3 is 0 Å². The minimum Gasteiger partial charge on any atom is -0.379 e. The molecule has 80 valence electrons. The number of halogens is 1. The number of methoxy groups -OCH3 is 1. The second kappa shape index (κ2) is 5.51. The molecule has 0 aromatic rings. The fourth-order valence-electron chi connectivity index (χ4n) is 0.714. The van der Waals surface area contributed by atoms with Gasteiger partial charge in [0.05, 0.1) is 17.8 Å². The smallest absolute Gasteiger partial charge is 0.0715 e. The predicted molar refractivity (Wildman–Crippen MR) is 64.6 cm³/mol. The average Bonchev–Trinajstić information content (AvgIpc) is 2.04. The molecule has 0 radical (unpaired) electrons. The van der Waals surface area contributed by atoms with Crippen LogP contribution < -0.4 is 0 Å². The highest BCUT2D eigenvalue weighted by Crippen LogP contribution is 2.17. The molecule has 0 aliphatic rings. The van der Waals surface area contributed by atoms with E-state index in [1.165, 1.54) is 0 Å². The molecule has 13 heavy (non-hydrogen) atoms. The van der Waals surface area contributed by atoms with Gasteiger partial charge in [-0.3, -0.25) is 0 Å². The van der Waals surface area contributed by atoms with E-state index < -0.39 is 0 Å². The van der Waals surface area contributed by atoms with Gasteiger partial charge in [0.1, 0.15) is 0 Å². The Bertz CT molecular complexity index is 128. The molecule has 0 N–H and O–H groups in total. The van der Waals surface area contributed by atoms with Crippen molar-refractivity contribution >= 4 is 22.6 Å². The van der Waals surface area contributed by atoms with Crippen molar-refractivity contribution in [2.45, 2.75) is 45.3 Å². The fraction of sp³-hybridized carbons (Fsp3) is 1.00. The second-order valence-electron chi connectivity index (χ2n) is 4.46. The molecule has 0 saturated carbocycles. The first-order valence-electron chi connectivity index (χ1n) is 4.58. The summed E-state index contributed by atoms with van der Waals surface area (Å²) >= 11 is 2.34. The number of ether oxygens (including phenoxy) is 2. The lowest BCUT2D eigenvalue weighted by Gasteiger charge is -2.27. The maximum atomic E-state index is 5.73. The van der Waals surface area contributed by atoms with Crippen LogP contribution >= 0.6 is 22.6 Å². The molecule has 0 fully saturated rings. The Morgan fingerprint density at radius 2 is 1.62 bits per heavy atom. The van der Waals surface area contributed by atoms with E-state index in [1.807, 2.05) is 0 Å². The monoisotopic (exact) mass is 300 g/mol. The van der Waals surface area contributed by atoms with Gasteiger partial charge in [0.2, 0.25) is 0 Å². The summed E-state index contributed by atoms with van der Waals surface area (Å²) < 4.78 is 12.0. The van der Waals surface area contributed by atoms with Crippen LogP contribution in [0.15, 0.2) is 0 Å². The molecular formula is C10H21IO2. The summed E-state index contributed by atoms with van der Waals surface area (Å²) in [6, 6.07) is 0. The average molecular weight is 300 g/mol. The summed E-state index contributed by atoms with van der Waals surface area (Å²) in [5, 5.41) is 0. The quantitative estimate of drug-likeness (QED) is 0.554. The highest BCUT2D eigenvalue weighted by atomic mass is 127. The van der Waals surface area contributed by atoms with Gasteiger partial charge < -0.3 is 9.47 Å². The van der Waals surface area contributed by atoms with E-state index in [1.54, 1.807) is 7.11 Å². The molecule has 0 heterocycles. The summed E-state index contributed by atoms with van der Waals surface area (Å²) in [6.45, 7) is 9.14. The molecule has 0 amide bonds. The van der Waals surface area contributed by atoms with Gasteiger partial charge in [0.15, 0.2) is 0 Å². The van der Waals surface area contributed by atoms with Crippen molar-refractivity contribution in [3.63, 3.8) is 0 Å². The number of hydrogen-bond acceptors (Lipinski definition) is 2. The minimum absolute atomic E-state index is 0.00954. The standard InChI is InChI=1S/C10H21IO2/c1-9(2,12-5)6-7-13-10(3,4)8-11/h6-8H2,1-5H3. The van der Waals surface area contributed by atoms with Crippen molar-refractivity contribution in [1.29, 1.82) is 0 Å². The lowest BCUT2D eigenvalue weighted by atomic mass is 10.1. The van der Waals surface area contributed by atoms with Crippen molar-refractivity contribution in [3.05, 3.63) is 0 Å². The van der Waals surface area contributed by atoms with Crippen molar-refractivity contribution in [1.82, 2.24) is 0 Å². The first-order valence-corrected chi connectivity index (χ1v) is 6.11. The van der Waals surface area contributed by atoms with E-state index in [2.05, 4.69) is 50.3 Å². The molecule has 0 rings (SSSR count). The molecule has 0 aliphatic heterocycles. The molecule has 0 aromatic carbocycles. The Labute approximate surface area is 95.5 Å². The highest BCUT2D eigenvalue weighted by Gasteiger charge is 2.20. The molecule has 0 aliphatic carbocycles. The van der Waals surface area contributed by atoms with Crippen molar-refractivity contribution in [2.24, 2.45) is 0 Å². The molecule has 2 nitrogen and oxygen atoms in total. The molecule has 0 bridgehead atoms. The first kappa shape index (κ1) is 13.7. The Hall–Kier alpha value is 0.650. The zero-order chi connectivity index (χ0) is 10.5. The summed E-state index contributed by atoms with van der Waals surface area (Å²) in [6.07, 6.45) is 0.934. The fourth-order valence-corrected chi connectivity index (χ4v) is 0.934. The first-order chi connectivity index (χ1) is 5.83. The van der Waals surface area contributed by atoms with Crippen LogP contribution in [-0.2, 0) is 9.47 Å². The molecule has 0 spiro atoms. The summed E-state index contributed by atoms with van der Waals surface area (Å²) in [4.78, 5) is 0. The summed E-state index contributed by atoms with van der Waals surface area (Å²) in [5.74, 6) is 0. The van der Waals surface area contributed by atoms with Gasteiger partial charge in [-0.2, -0.15) is 0 Å². The zero-order valence-corrected chi connectivity index (χ0v) is 11.5. The van der Waals surface area contributed by atoms with Gasteiger partial charge in [-0.15, -0.1) is 0 Å². The van der Waals surface area contributed by atoms with Crippen LogP contribution in [0, 0.1) is 0 Å². The number of rotatable bonds is 6. The second-order valence-corrected chi connectivity index (χ2v) is 5.22. The van der Waals surface area contributed by atoms with Crippen LogP contribution in [0.5, 0.6) is 0 Å². The minimum atomic E-state index is -0.0681. The van der Waals surface area contributed by atoms with E-state index in [9.17, 15) is 0 Å². The third kappa shape index (κ3) is 6.69. The Morgan fingerprint density at radius 1 is 1.08 bits per heavy atom. The molecule has 0 atom stereocenters. The topological polar surface area (TPSA) is 18.5 Å². The van der Waals surface area contributed by atoms with Crippen molar-refractivity contribution in [2.75, 3.05) is 18.1 Å². The van der Waals surface area contributed by atoms with E-state index in [0.717, 1.165) is 17.5 Å². The Morgan fingerprint density at radius 3 is 2.00 bits per heavy atom. The third-order valence-corrected chi connectivity index (χ3v) is 3.91. The van der Waals surface area contributed by atoms with Gasteiger partial charge in [0, 0.05) is 11.5 Å². The van der Waals surface area contributed by atoms with Gasteiger partial charge in [-0.05, 0) is 34.1 Å². The molecular weight excluding hydrogens is 279 g/mol. The molecule has 0 aromatic heterocycles. The Kier molecular flexibility index (Phi) is 5.79. The molecule has 0 saturated heterocycles. The van der Waals surface area contributed by atoms with Crippen LogP contribution in [0.4, 0.5) is 0 Å². The highest BCUT2D eigenvalue weighted by molar-refractivity contribution is 14.1. The van der Waals surface area contributed by atoms with E-state index in [0.29, 0.717) is 0 Å². The van der Waals surface area contributed by atoms with Crippen LogP contribution in [0.1, 0.15) is 34.1 Å². The zero-order valence-electron chi connectivity index (χ0n) is 9.32. The lowest BCUT2D eigenvalue weighted by Crippen LogP contribution is -2.31. The lowest BCUT2D eigenvalue weighted by molar-refractivity contribution is -0.0470. The van der Waals surface area contributed by atoms with Crippen molar-refractivity contribution in [3.8, 4) is 0 Å². The largest absolute Gasteiger partial charge is 0.379 e. The maximum Gasteiger partial charge on any atom is 0.0715 e. The van der Waals surface area contributed by atoms with E-state index in [4.69, 9.17) is 9.47 Å². The SMILES string of the molecule is COC(C)(C)CCOC(C)(C)CI. The van der Waals surface area contributed by atoms with E-state index >= 15 is 0 Å². The van der Waals surface area contributed by atoms with Gasteiger partial charge in [-0.25, -0.2) is 0 Å². The van der Waals surface area contributed by atoms with Crippen LogP contribution in [-0.4, -0.2) is 29.3 Å². The van der Waals surface area contributed by atoms with Gasteiger partial charge in [-0.1, -0.05) is 22.6 Å². The Balaban J connectivity index is 3.68. The van der Waals surface area contributed by atoms with Crippen LogP contribution in [0.25, 0.3) is 0 Å². The summed E-state index contributed by atoms with van der Waals surface area (Å²) in [7, 11) is 1.74. The third-order valence-electron chi connectivity index (χ3n) is 2.07. The normalized spacial score (nSPS) is 13.4. The number of alkyl halides is 1.